The van der Waals surface area contributed by atoms with E-state index in [1.54, 1.807) is 32.4 Å². The number of ether oxygens (including phenoxy) is 2. The second-order valence-corrected chi connectivity index (χ2v) is 7.19. The standard InChI is InChI=1S/C24H32N4O3.HI/c1-4-25-24(26-13-7-14-28-15-12-18-8-5-6-9-21(18)28)27-17-22(29)20-16-19(30-2)10-11-23(20)31-3;/h5-6,8-12,15-16,22,29H,4,7,13-14,17H2,1-3H3,(H2,25,26,27);1H. The number of halogens is 1. The van der Waals surface area contributed by atoms with Gasteiger partial charge in [-0.05, 0) is 49.1 Å². The van der Waals surface area contributed by atoms with Crippen LogP contribution in [0.15, 0.2) is 59.7 Å². The molecule has 0 aliphatic heterocycles. The first-order chi connectivity index (χ1) is 15.2. The SMILES string of the molecule is CCNC(=NCC(O)c1cc(OC)ccc1OC)NCCCn1ccc2ccccc21.I. The van der Waals surface area contributed by atoms with Crippen molar-refractivity contribution in [3.8, 4) is 11.5 Å². The van der Waals surface area contributed by atoms with Crippen molar-refractivity contribution in [2.75, 3.05) is 33.9 Å². The molecule has 0 saturated heterocycles. The Morgan fingerprint density at radius 2 is 1.91 bits per heavy atom. The molecule has 0 radical (unpaired) electrons. The summed E-state index contributed by atoms with van der Waals surface area (Å²) < 4.78 is 12.9. The quantitative estimate of drug-likeness (QED) is 0.154. The fourth-order valence-electron chi connectivity index (χ4n) is 3.51. The smallest absolute Gasteiger partial charge is 0.191 e. The van der Waals surface area contributed by atoms with Crippen LogP contribution in [0.1, 0.15) is 25.0 Å². The molecule has 8 heteroatoms. The van der Waals surface area contributed by atoms with E-state index >= 15 is 0 Å². The number of para-hydroxylation sites is 1. The molecule has 1 aromatic heterocycles. The molecule has 1 unspecified atom stereocenters. The maximum atomic E-state index is 10.7. The molecule has 0 spiro atoms. The van der Waals surface area contributed by atoms with E-state index in [4.69, 9.17) is 9.47 Å². The van der Waals surface area contributed by atoms with Gasteiger partial charge in [0.1, 0.15) is 17.6 Å². The van der Waals surface area contributed by atoms with Crippen molar-refractivity contribution in [3.05, 3.63) is 60.3 Å². The maximum absolute atomic E-state index is 10.7. The van der Waals surface area contributed by atoms with Gasteiger partial charge in [-0.2, -0.15) is 0 Å². The number of hydrogen-bond acceptors (Lipinski definition) is 4. The molecule has 0 bridgehead atoms. The Morgan fingerprint density at radius 3 is 2.66 bits per heavy atom. The molecule has 7 nitrogen and oxygen atoms in total. The van der Waals surface area contributed by atoms with E-state index in [0.717, 1.165) is 26.1 Å². The minimum absolute atomic E-state index is 0. The molecule has 1 heterocycles. The fourth-order valence-corrected chi connectivity index (χ4v) is 3.51. The molecule has 2 aromatic carbocycles. The zero-order valence-corrected chi connectivity index (χ0v) is 21.2. The van der Waals surface area contributed by atoms with Crippen LogP contribution in [0, 0.1) is 0 Å². The number of guanidine groups is 1. The van der Waals surface area contributed by atoms with Crippen molar-refractivity contribution in [2.45, 2.75) is 26.0 Å². The summed E-state index contributed by atoms with van der Waals surface area (Å²) in [6, 6.07) is 15.9. The lowest BCUT2D eigenvalue weighted by Gasteiger charge is -2.16. The predicted molar refractivity (Wildman–Crippen MR) is 140 cm³/mol. The largest absolute Gasteiger partial charge is 0.497 e. The van der Waals surface area contributed by atoms with Gasteiger partial charge in [0, 0.05) is 36.9 Å². The van der Waals surface area contributed by atoms with E-state index in [1.165, 1.54) is 10.9 Å². The zero-order chi connectivity index (χ0) is 22.1. The van der Waals surface area contributed by atoms with Crippen molar-refractivity contribution >= 4 is 40.8 Å². The normalized spacial score (nSPS) is 12.2. The number of benzene rings is 2. The van der Waals surface area contributed by atoms with Crippen LogP contribution in [0.5, 0.6) is 11.5 Å². The lowest BCUT2D eigenvalue weighted by molar-refractivity contribution is 0.182. The number of aromatic nitrogens is 1. The van der Waals surface area contributed by atoms with Gasteiger partial charge in [-0.1, -0.05) is 18.2 Å². The van der Waals surface area contributed by atoms with Crippen molar-refractivity contribution in [2.24, 2.45) is 4.99 Å². The highest BCUT2D eigenvalue weighted by molar-refractivity contribution is 14.0. The van der Waals surface area contributed by atoms with Gasteiger partial charge >= 0.3 is 0 Å². The van der Waals surface area contributed by atoms with Gasteiger partial charge in [0.05, 0.1) is 20.8 Å². The van der Waals surface area contributed by atoms with Gasteiger partial charge in [0.2, 0.25) is 0 Å². The number of nitrogens with zero attached hydrogens (tertiary/aromatic N) is 2. The summed E-state index contributed by atoms with van der Waals surface area (Å²) in [7, 11) is 3.18. The number of aryl methyl sites for hydroxylation is 1. The fraction of sp³-hybridized carbons (Fsp3) is 0.375. The molecule has 3 N–H and O–H groups in total. The Bertz CT molecular complexity index is 1010. The predicted octanol–water partition coefficient (Wildman–Crippen LogP) is 3.96. The molecule has 3 aromatic rings. The van der Waals surface area contributed by atoms with E-state index in [9.17, 15) is 5.11 Å². The molecule has 3 rings (SSSR count). The van der Waals surface area contributed by atoms with Crippen molar-refractivity contribution in [1.29, 1.82) is 0 Å². The molecule has 32 heavy (non-hydrogen) atoms. The summed E-state index contributed by atoms with van der Waals surface area (Å²) in [6.45, 7) is 4.67. The minimum atomic E-state index is -0.799. The third-order valence-electron chi connectivity index (χ3n) is 5.11. The molecule has 0 saturated carbocycles. The highest BCUT2D eigenvalue weighted by Crippen LogP contribution is 2.29. The summed E-state index contributed by atoms with van der Waals surface area (Å²) in [5.74, 6) is 1.96. The maximum Gasteiger partial charge on any atom is 0.191 e. The summed E-state index contributed by atoms with van der Waals surface area (Å²) >= 11 is 0. The van der Waals surface area contributed by atoms with Gasteiger partial charge in [-0.25, -0.2) is 0 Å². The highest BCUT2D eigenvalue weighted by Gasteiger charge is 2.14. The Kier molecular flexibility index (Phi) is 10.6. The summed E-state index contributed by atoms with van der Waals surface area (Å²) in [5, 5.41) is 18.5. The third-order valence-corrected chi connectivity index (χ3v) is 5.11. The lowest BCUT2D eigenvalue weighted by atomic mass is 10.1. The van der Waals surface area contributed by atoms with Crippen LogP contribution in [0.2, 0.25) is 0 Å². The van der Waals surface area contributed by atoms with E-state index in [2.05, 4.69) is 56.7 Å². The lowest BCUT2D eigenvalue weighted by Crippen LogP contribution is -2.38. The van der Waals surface area contributed by atoms with Crippen LogP contribution in [-0.4, -0.2) is 49.5 Å². The molecule has 0 amide bonds. The van der Waals surface area contributed by atoms with Crippen LogP contribution in [-0.2, 0) is 6.54 Å². The number of aliphatic imine (C=N–C) groups is 1. The van der Waals surface area contributed by atoms with Crippen LogP contribution in [0.4, 0.5) is 0 Å². The van der Waals surface area contributed by atoms with E-state index in [0.29, 0.717) is 23.0 Å². The Balaban J connectivity index is 0.00000363. The van der Waals surface area contributed by atoms with Crippen LogP contribution < -0.4 is 20.1 Å². The number of fused-ring (bicyclic) bond motifs is 1. The molecule has 0 aliphatic rings. The topological polar surface area (TPSA) is 80.0 Å². The Morgan fingerprint density at radius 1 is 1.09 bits per heavy atom. The minimum Gasteiger partial charge on any atom is -0.497 e. The second kappa shape index (κ2) is 13.2. The average Bonchev–Trinajstić information content (AvgIpc) is 3.22. The van der Waals surface area contributed by atoms with Crippen molar-refractivity contribution in [1.82, 2.24) is 15.2 Å². The van der Waals surface area contributed by atoms with Crippen LogP contribution in [0.25, 0.3) is 10.9 Å². The van der Waals surface area contributed by atoms with E-state index in [1.807, 2.05) is 6.92 Å². The first-order valence-corrected chi connectivity index (χ1v) is 10.6. The summed E-state index contributed by atoms with van der Waals surface area (Å²) in [5.41, 5.74) is 1.90. The third kappa shape index (κ3) is 6.77. The molecular weight excluding hydrogens is 519 g/mol. The zero-order valence-electron chi connectivity index (χ0n) is 18.9. The van der Waals surface area contributed by atoms with Crippen molar-refractivity contribution < 1.29 is 14.6 Å². The van der Waals surface area contributed by atoms with Crippen molar-refractivity contribution in [3.63, 3.8) is 0 Å². The Hall–Kier alpha value is -2.46. The number of aliphatic hydroxyl groups excluding tert-OH is 1. The van der Waals surface area contributed by atoms with Crippen LogP contribution >= 0.6 is 24.0 Å². The van der Waals surface area contributed by atoms with Gasteiger partial charge in [-0.15, -0.1) is 24.0 Å². The van der Waals surface area contributed by atoms with Gasteiger partial charge in [-0.3, -0.25) is 4.99 Å². The first-order valence-electron chi connectivity index (χ1n) is 10.6. The van der Waals surface area contributed by atoms with E-state index < -0.39 is 6.10 Å². The van der Waals surface area contributed by atoms with Gasteiger partial charge < -0.3 is 29.8 Å². The second-order valence-electron chi connectivity index (χ2n) is 7.19. The summed E-state index contributed by atoms with van der Waals surface area (Å²) in [6.07, 6.45) is 2.28. The highest BCUT2D eigenvalue weighted by atomic mass is 127. The number of nitrogens with one attached hydrogen (secondary N) is 2. The summed E-state index contributed by atoms with van der Waals surface area (Å²) in [4.78, 5) is 4.55. The molecule has 0 aliphatic carbocycles. The monoisotopic (exact) mass is 552 g/mol. The number of rotatable bonds is 10. The van der Waals surface area contributed by atoms with Crippen LogP contribution in [0.3, 0.4) is 0 Å². The first kappa shape index (κ1) is 25.8. The van der Waals surface area contributed by atoms with E-state index in [-0.39, 0.29) is 30.5 Å². The molecule has 174 valence electrons. The molecule has 1 atom stereocenters. The van der Waals surface area contributed by atoms with Gasteiger partial charge in [0.15, 0.2) is 5.96 Å². The number of hydrogen-bond donors (Lipinski definition) is 3. The number of methoxy groups -OCH3 is 2. The molecular formula is C24H33IN4O3. The average molecular weight is 552 g/mol. The number of aliphatic hydroxyl groups is 1. The van der Waals surface area contributed by atoms with Gasteiger partial charge in [0.25, 0.3) is 0 Å². The molecule has 0 fully saturated rings. The Labute approximate surface area is 206 Å².